The van der Waals surface area contributed by atoms with Gasteiger partial charge in [-0.3, -0.25) is 5.43 Å². The fourth-order valence-corrected chi connectivity index (χ4v) is 1.85. The Kier molecular flexibility index (Phi) is 4.98. The summed E-state index contributed by atoms with van der Waals surface area (Å²) < 4.78 is 0. The molecule has 0 atom stereocenters. The van der Waals surface area contributed by atoms with Crippen LogP contribution in [0.15, 0.2) is 66.1 Å². The summed E-state index contributed by atoms with van der Waals surface area (Å²) >= 11 is 0. The van der Waals surface area contributed by atoms with Crippen molar-refractivity contribution in [3.05, 3.63) is 66.6 Å². The average molecular weight is 296 g/mol. The van der Waals surface area contributed by atoms with Gasteiger partial charge < -0.3 is 11.5 Å². The van der Waals surface area contributed by atoms with E-state index in [1.54, 1.807) is 12.3 Å². The van der Waals surface area contributed by atoms with Gasteiger partial charge in [0.2, 0.25) is 5.96 Å². The Balaban J connectivity index is 2.15. The van der Waals surface area contributed by atoms with Crippen LogP contribution in [0.4, 0.5) is 11.5 Å². The maximum Gasteiger partial charge on any atom is 0.213 e. The molecule has 22 heavy (non-hydrogen) atoms. The predicted octanol–water partition coefficient (Wildman–Crippen LogP) is 2.03. The second kappa shape index (κ2) is 7.12. The molecule has 5 N–H and O–H groups in total. The first-order valence-electron chi connectivity index (χ1n) is 6.95. The number of hydrogen-bond acceptors (Lipinski definition) is 4. The number of rotatable bonds is 5. The molecule has 0 radical (unpaired) electrons. The fourth-order valence-electron chi connectivity index (χ4n) is 1.85. The van der Waals surface area contributed by atoms with E-state index in [4.69, 9.17) is 11.5 Å². The molecule has 0 fully saturated rings. The van der Waals surface area contributed by atoms with Gasteiger partial charge in [0.15, 0.2) is 5.82 Å². The SMILES string of the molecule is C=C(N)N(NC(N)=Nc1ccc(CC)cc1)c1ccccn1. The lowest BCUT2D eigenvalue weighted by Crippen LogP contribution is -2.47. The van der Waals surface area contributed by atoms with Crippen molar-refractivity contribution in [2.24, 2.45) is 16.5 Å². The Labute approximate surface area is 130 Å². The minimum absolute atomic E-state index is 0.196. The van der Waals surface area contributed by atoms with Crippen molar-refractivity contribution in [2.75, 3.05) is 5.01 Å². The van der Waals surface area contributed by atoms with Gasteiger partial charge in [-0.25, -0.2) is 15.0 Å². The lowest BCUT2D eigenvalue weighted by molar-refractivity contribution is 0.836. The summed E-state index contributed by atoms with van der Waals surface area (Å²) in [7, 11) is 0. The van der Waals surface area contributed by atoms with Crippen LogP contribution in [-0.4, -0.2) is 10.9 Å². The van der Waals surface area contributed by atoms with Crippen LogP contribution in [0.5, 0.6) is 0 Å². The highest BCUT2D eigenvalue weighted by atomic mass is 15.6. The van der Waals surface area contributed by atoms with Crippen LogP contribution < -0.4 is 21.9 Å². The number of aryl methyl sites for hydroxylation is 1. The summed E-state index contributed by atoms with van der Waals surface area (Å²) in [5.41, 5.74) is 16.6. The summed E-state index contributed by atoms with van der Waals surface area (Å²) in [4.78, 5) is 8.49. The Bertz CT molecular complexity index is 648. The first-order valence-corrected chi connectivity index (χ1v) is 6.95. The number of nitrogens with one attached hydrogen (secondary N) is 1. The lowest BCUT2D eigenvalue weighted by atomic mass is 10.2. The molecule has 0 unspecified atom stereocenters. The van der Waals surface area contributed by atoms with Gasteiger partial charge in [0.05, 0.1) is 5.69 Å². The topological polar surface area (TPSA) is 92.6 Å². The molecule has 1 aromatic heterocycles. The number of aliphatic imine (C=N–C) groups is 1. The van der Waals surface area contributed by atoms with Crippen LogP contribution in [0, 0.1) is 0 Å². The molecule has 0 spiro atoms. The minimum Gasteiger partial charge on any atom is -0.384 e. The largest absolute Gasteiger partial charge is 0.384 e. The summed E-state index contributed by atoms with van der Waals surface area (Å²) in [6.07, 6.45) is 2.64. The summed E-state index contributed by atoms with van der Waals surface area (Å²) in [5.74, 6) is 1.04. The number of hydrogen-bond donors (Lipinski definition) is 3. The predicted molar refractivity (Wildman–Crippen MR) is 90.3 cm³/mol. The van der Waals surface area contributed by atoms with Crippen molar-refractivity contribution in [2.45, 2.75) is 13.3 Å². The van der Waals surface area contributed by atoms with Crippen molar-refractivity contribution in [3.63, 3.8) is 0 Å². The highest BCUT2D eigenvalue weighted by Gasteiger charge is 2.09. The van der Waals surface area contributed by atoms with Crippen LogP contribution in [0.1, 0.15) is 12.5 Å². The Morgan fingerprint density at radius 1 is 1.23 bits per heavy atom. The molecule has 2 aromatic rings. The summed E-state index contributed by atoms with van der Waals surface area (Å²) in [6, 6.07) is 13.3. The Morgan fingerprint density at radius 3 is 2.50 bits per heavy atom. The highest BCUT2D eigenvalue weighted by Crippen LogP contribution is 2.14. The molecule has 6 nitrogen and oxygen atoms in total. The third kappa shape index (κ3) is 3.99. The second-order valence-corrected chi connectivity index (χ2v) is 4.64. The minimum atomic E-state index is 0.196. The third-order valence-electron chi connectivity index (χ3n) is 2.99. The van der Waals surface area contributed by atoms with E-state index in [2.05, 4.69) is 28.9 Å². The lowest BCUT2D eigenvalue weighted by Gasteiger charge is -2.23. The quantitative estimate of drug-likeness (QED) is 0.446. The van der Waals surface area contributed by atoms with Crippen LogP contribution in [-0.2, 0) is 6.42 Å². The number of nitrogens with zero attached hydrogens (tertiary/aromatic N) is 3. The maximum absolute atomic E-state index is 5.93. The number of nitrogens with two attached hydrogens (primary N) is 2. The van der Waals surface area contributed by atoms with Gasteiger partial charge in [0.1, 0.15) is 5.82 Å². The van der Waals surface area contributed by atoms with Gasteiger partial charge in [-0.1, -0.05) is 31.7 Å². The van der Waals surface area contributed by atoms with E-state index < -0.39 is 0 Å². The van der Waals surface area contributed by atoms with Crippen molar-refractivity contribution in [1.82, 2.24) is 10.4 Å². The van der Waals surface area contributed by atoms with E-state index in [1.807, 2.05) is 36.4 Å². The highest BCUT2D eigenvalue weighted by molar-refractivity contribution is 5.82. The molecule has 0 aliphatic rings. The van der Waals surface area contributed by atoms with Crippen molar-refractivity contribution < 1.29 is 0 Å². The molecule has 0 aliphatic carbocycles. The fraction of sp³-hybridized carbons (Fsp3) is 0.125. The van der Waals surface area contributed by atoms with Gasteiger partial charge in [0, 0.05) is 6.20 Å². The van der Waals surface area contributed by atoms with Crippen molar-refractivity contribution >= 4 is 17.5 Å². The molecule has 6 heteroatoms. The van der Waals surface area contributed by atoms with E-state index in [0.29, 0.717) is 5.82 Å². The van der Waals surface area contributed by atoms with E-state index in [-0.39, 0.29) is 11.8 Å². The first kappa shape index (κ1) is 15.4. The number of hydrazine groups is 1. The van der Waals surface area contributed by atoms with Crippen LogP contribution >= 0.6 is 0 Å². The average Bonchev–Trinajstić information content (AvgIpc) is 2.54. The molecule has 1 heterocycles. The monoisotopic (exact) mass is 296 g/mol. The zero-order valence-corrected chi connectivity index (χ0v) is 12.5. The number of benzene rings is 1. The standard InChI is InChI=1S/C16H20N6/c1-3-13-7-9-14(10-8-13)20-16(18)21-22(12(2)17)15-6-4-5-11-19-15/h4-11H,2-3,17H2,1H3,(H3,18,20,21). The van der Waals surface area contributed by atoms with Gasteiger partial charge in [-0.05, 0) is 36.2 Å². The molecule has 1 aromatic carbocycles. The van der Waals surface area contributed by atoms with Crippen LogP contribution in [0.3, 0.4) is 0 Å². The number of aromatic nitrogens is 1. The molecular formula is C16H20N6. The maximum atomic E-state index is 5.93. The van der Waals surface area contributed by atoms with E-state index >= 15 is 0 Å². The molecule has 114 valence electrons. The summed E-state index contributed by atoms with van der Waals surface area (Å²) in [6.45, 7) is 5.81. The van der Waals surface area contributed by atoms with E-state index in [9.17, 15) is 0 Å². The molecule has 0 bridgehead atoms. The molecule has 0 amide bonds. The summed E-state index contributed by atoms with van der Waals surface area (Å²) in [5, 5.41) is 1.47. The van der Waals surface area contributed by atoms with Gasteiger partial charge in [0.25, 0.3) is 0 Å². The van der Waals surface area contributed by atoms with E-state index in [0.717, 1.165) is 12.1 Å². The number of anilines is 1. The van der Waals surface area contributed by atoms with E-state index in [1.165, 1.54) is 10.6 Å². The molecule has 2 rings (SSSR count). The molecule has 0 saturated heterocycles. The molecule has 0 aliphatic heterocycles. The Hall–Kier alpha value is -3.02. The molecule has 0 saturated carbocycles. The Morgan fingerprint density at radius 2 is 1.95 bits per heavy atom. The third-order valence-corrected chi connectivity index (χ3v) is 2.99. The zero-order valence-electron chi connectivity index (χ0n) is 12.5. The van der Waals surface area contributed by atoms with Crippen LogP contribution in [0.2, 0.25) is 0 Å². The first-order chi connectivity index (χ1) is 10.6. The molecular weight excluding hydrogens is 276 g/mol. The smallest absolute Gasteiger partial charge is 0.213 e. The van der Waals surface area contributed by atoms with Crippen molar-refractivity contribution in [3.8, 4) is 0 Å². The van der Waals surface area contributed by atoms with Crippen molar-refractivity contribution in [1.29, 1.82) is 0 Å². The van der Waals surface area contributed by atoms with Crippen LogP contribution in [0.25, 0.3) is 0 Å². The van der Waals surface area contributed by atoms with Gasteiger partial charge >= 0.3 is 0 Å². The second-order valence-electron chi connectivity index (χ2n) is 4.64. The normalized spacial score (nSPS) is 11.0. The van der Waals surface area contributed by atoms with Gasteiger partial charge in [-0.15, -0.1) is 0 Å². The zero-order chi connectivity index (χ0) is 15.9. The van der Waals surface area contributed by atoms with Gasteiger partial charge in [-0.2, -0.15) is 0 Å². The number of pyridine rings is 1. The number of guanidine groups is 1.